The first kappa shape index (κ1) is 28.0. The van der Waals surface area contributed by atoms with Crippen LogP contribution < -0.4 is 14.5 Å². The van der Waals surface area contributed by atoms with Crippen LogP contribution in [-0.2, 0) is 19.2 Å². The van der Waals surface area contributed by atoms with Gasteiger partial charge in [0.1, 0.15) is 0 Å². The van der Waals surface area contributed by atoms with Gasteiger partial charge in [-0.15, -0.1) is 0 Å². The zero-order valence-corrected chi connectivity index (χ0v) is 26.1. The van der Waals surface area contributed by atoms with Crippen molar-refractivity contribution in [1.29, 1.82) is 0 Å². The Balaban J connectivity index is 1.39. The van der Waals surface area contributed by atoms with Crippen LogP contribution in [0.15, 0.2) is 87.3 Å². The summed E-state index contributed by atoms with van der Waals surface area (Å²) in [5, 5.41) is 10.7. The van der Waals surface area contributed by atoms with Gasteiger partial charge in [-0.05, 0) is 86.5 Å². The fourth-order valence-corrected chi connectivity index (χ4v) is 8.57. The SMILES string of the molecule is COc1cc(C2C3=CCC4C(=O)N(c5ccccc5)C(=O)C4C3CC3C(=O)N(c4ccccc4)C(=O)C32)c(Br)c(Br)c1O. The number of carbonyl (C=O) groups excluding carboxylic acids is 4. The molecule has 1 saturated carbocycles. The minimum absolute atomic E-state index is 0.102. The van der Waals surface area contributed by atoms with E-state index in [1.165, 1.54) is 16.9 Å². The number of aromatic hydroxyl groups is 1. The van der Waals surface area contributed by atoms with E-state index >= 15 is 0 Å². The minimum Gasteiger partial charge on any atom is -0.503 e. The average Bonchev–Trinajstić information content (AvgIpc) is 3.43. The maximum absolute atomic E-state index is 14.2. The molecule has 7 rings (SSSR count). The van der Waals surface area contributed by atoms with Crippen molar-refractivity contribution in [3.8, 4) is 11.5 Å². The summed E-state index contributed by atoms with van der Waals surface area (Å²) in [6.07, 6.45) is 2.61. The fourth-order valence-electron chi connectivity index (χ4n) is 7.59. The van der Waals surface area contributed by atoms with Crippen molar-refractivity contribution < 1.29 is 29.0 Å². The number of rotatable bonds is 4. The van der Waals surface area contributed by atoms with E-state index in [2.05, 4.69) is 31.9 Å². The van der Waals surface area contributed by atoms with Gasteiger partial charge in [-0.25, -0.2) is 0 Å². The Morgan fingerprint density at radius 3 is 1.88 bits per heavy atom. The number of phenolic OH excluding ortho intramolecular Hbond substituents is 1. The predicted molar refractivity (Wildman–Crippen MR) is 165 cm³/mol. The second kappa shape index (κ2) is 10.4. The van der Waals surface area contributed by atoms with Crippen molar-refractivity contribution in [2.45, 2.75) is 18.8 Å². The largest absolute Gasteiger partial charge is 0.503 e. The molecule has 0 aromatic heterocycles. The molecular weight excluding hydrogens is 680 g/mol. The monoisotopic (exact) mass is 704 g/mol. The highest BCUT2D eigenvalue weighted by Crippen LogP contribution is 2.60. The number of anilines is 2. The number of ether oxygens (including phenoxy) is 1. The molecule has 8 nitrogen and oxygen atoms in total. The molecule has 0 bridgehead atoms. The lowest BCUT2D eigenvalue weighted by Gasteiger charge is -2.44. The summed E-state index contributed by atoms with van der Waals surface area (Å²) in [5.74, 6) is -4.78. The number of hydrogen-bond donors (Lipinski definition) is 1. The molecular formula is C33H26Br2N2O6. The molecule has 2 heterocycles. The van der Waals surface area contributed by atoms with Crippen molar-refractivity contribution in [3.63, 3.8) is 0 Å². The predicted octanol–water partition coefficient (Wildman–Crippen LogP) is 5.97. The van der Waals surface area contributed by atoms with E-state index in [1.54, 1.807) is 54.6 Å². The standard InChI is InChI=1S/C33H26Br2N2O6/c1-43-23-15-21(27(34)28(35)29(23)38)24-18-12-13-19-25(32(41)36(30(19)39)16-8-4-2-5-9-16)20(18)14-22-26(24)33(42)37(31(22)40)17-10-6-3-7-11-17/h2-12,15,19-20,22,24-26,38H,13-14H2,1H3. The van der Waals surface area contributed by atoms with E-state index in [0.29, 0.717) is 32.3 Å². The van der Waals surface area contributed by atoms with Gasteiger partial charge < -0.3 is 9.84 Å². The van der Waals surface area contributed by atoms with Crippen LogP contribution in [0.3, 0.4) is 0 Å². The van der Waals surface area contributed by atoms with Gasteiger partial charge in [0.05, 0.1) is 46.6 Å². The molecule has 6 unspecified atom stereocenters. The number of halogens is 2. The van der Waals surface area contributed by atoms with Crippen LogP contribution in [0.4, 0.5) is 11.4 Å². The number of hydrogen-bond acceptors (Lipinski definition) is 6. The average molecular weight is 706 g/mol. The third kappa shape index (κ3) is 4.06. The number of para-hydroxylation sites is 2. The summed E-state index contributed by atoms with van der Waals surface area (Å²) in [6, 6.07) is 19.4. The highest BCUT2D eigenvalue weighted by atomic mass is 79.9. The first-order chi connectivity index (χ1) is 20.7. The molecule has 3 aromatic rings. The molecule has 4 amide bonds. The van der Waals surface area contributed by atoms with E-state index in [0.717, 1.165) is 5.57 Å². The second-order valence-corrected chi connectivity index (χ2v) is 12.9. The van der Waals surface area contributed by atoms with Gasteiger partial charge in [0.25, 0.3) is 0 Å². The van der Waals surface area contributed by atoms with Crippen molar-refractivity contribution >= 4 is 66.9 Å². The summed E-state index contributed by atoms with van der Waals surface area (Å²) in [4.78, 5) is 58.6. The topological polar surface area (TPSA) is 104 Å². The van der Waals surface area contributed by atoms with Gasteiger partial charge in [-0.3, -0.25) is 29.0 Å². The Morgan fingerprint density at radius 1 is 0.744 bits per heavy atom. The Morgan fingerprint density at radius 2 is 1.30 bits per heavy atom. The van der Waals surface area contributed by atoms with Crippen molar-refractivity contribution in [3.05, 3.63) is 92.9 Å². The number of amides is 4. The van der Waals surface area contributed by atoms with E-state index in [-0.39, 0.29) is 41.5 Å². The van der Waals surface area contributed by atoms with Gasteiger partial charge in [0.15, 0.2) is 11.5 Å². The summed E-state index contributed by atoms with van der Waals surface area (Å²) >= 11 is 7.08. The molecule has 2 aliphatic carbocycles. The highest BCUT2D eigenvalue weighted by molar-refractivity contribution is 9.13. The van der Waals surface area contributed by atoms with Crippen LogP contribution in [0.2, 0.25) is 0 Å². The van der Waals surface area contributed by atoms with E-state index in [9.17, 15) is 24.3 Å². The van der Waals surface area contributed by atoms with Crippen molar-refractivity contribution in [2.24, 2.45) is 29.6 Å². The number of fused-ring (bicyclic) bond motifs is 4. The summed E-state index contributed by atoms with van der Waals surface area (Å²) in [5.41, 5.74) is 2.52. The smallest absolute Gasteiger partial charge is 0.238 e. The number of methoxy groups -OCH3 is 1. The van der Waals surface area contributed by atoms with Crippen LogP contribution in [0.1, 0.15) is 24.3 Å². The Kier molecular flexibility index (Phi) is 6.81. The number of allylic oxidation sites excluding steroid dienone is 2. The van der Waals surface area contributed by atoms with Crippen LogP contribution in [0.25, 0.3) is 0 Å². The van der Waals surface area contributed by atoms with Crippen LogP contribution >= 0.6 is 31.9 Å². The second-order valence-electron chi connectivity index (χ2n) is 11.4. The third-order valence-corrected chi connectivity index (χ3v) is 11.6. The normalized spacial score (nSPS) is 28.0. The molecule has 6 atom stereocenters. The van der Waals surface area contributed by atoms with Gasteiger partial charge in [-0.2, -0.15) is 0 Å². The number of benzene rings is 3. The zero-order chi connectivity index (χ0) is 30.2. The number of imide groups is 2. The lowest BCUT2D eigenvalue weighted by atomic mass is 9.57. The van der Waals surface area contributed by atoms with E-state index in [4.69, 9.17) is 4.74 Å². The molecule has 4 aliphatic rings. The molecule has 2 aliphatic heterocycles. The van der Waals surface area contributed by atoms with Crippen LogP contribution in [0.5, 0.6) is 11.5 Å². The van der Waals surface area contributed by atoms with Gasteiger partial charge in [0.2, 0.25) is 23.6 Å². The first-order valence-electron chi connectivity index (χ1n) is 14.0. The number of phenols is 1. The minimum atomic E-state index is -0.748. The first-order valence-corrected chi connectivity index (χ1v) is 15.6. The maximum atomic E-state index is 14.2. The van der Waals surface area contributed by atoms with E-state index in [1.807, 2.05) is 18.2 Å². The summed E-state index contributed by atoms with van der Waals surface area (Å²) < 4.78 is 6.35. The van der Waals surface area contributed by atoms with Crippen molar-refractivity contribution in [1.82, 2.24) is 0 Å². The zero-order valence-electron chi connectivity index (χ0n) is 22.9. The molecule has 1 N–H and O–H groups in total. The van der Waals surface area contributed by atoms with Crippen molar-refractivity contribution in [2.75, 3.05) is 16.9 Å². The van der Waals surface area contributed by atoms with Gasteiger partial charge >= 0.3 is 0 Å². The molecule has 3 aromatic carbocycles. The lowest BCUT2D eigenvalue weighted by Crippen LogP contribution is -2.43. The lowest BCUT2D eigenvalue weighted by molar-refractivity contribution is -0.126. The quantitative estimate of drug-likeness (QED) is 0.265. The Hall–Kier alpha value is -3.76. The number of nitrogens with zero attached hydrogens (tertiary/aromatic N) is 2. The molecule has 43 heavy (non-hydrogen) atoms. The van der Waals surface area contributed by atoms with Gasteiger partial charge in [0, 0.05) is 10.4 Å². The molecule has 3 fully saturated rings. The highest BCUT2D eigenvalue weighted by Gasteiger charge is 2.62. The Labute approximate surface area is 264 Å². The molecule has 218 valence electrons. The molecule has 2 saturated heterocycles. The fraction of sp³-hybridized carbons (Fsp3) is 0.273. The molecule has 0 radical (unpaired) electrons. The van der Waals surface area contributed by atoms with Gasteiger partial charge in [-0.1, -0.05) is 48.0 Å². The van der Waals surface area contributed by atoms with Crippen LogP contribution in [0, 0.1) is 29.6 Å². The molecule has 10 heteroatoms. The van der Waals surface area contributed by atoms with Crippen LogP contribution in [-0.4, -0.2) is 35.8 Å². The number of carbonyl (C=O) groups is 4. The molecule has 0 spiro atoms. The maximum Gasteiger partial charge on any atom is 0.238 e. The van der Waals surface area contributed by atoms with E-state index < -0.39 is 35.5 Å². The third-order valence-electron chi connectivity index (χ3n) is 9.41. The summed E-state index contributed by atoms with van der Waals surface area (Å²) in [6.45, 7) is 0. The summed E-state index contributed by atoms with van der Waals surface area (Å²) in [7, 11) is 1.44. The Bertz CT molecular complexity index is 1730.